The van der Waals surface area contributed by atoms with Crippen LogP contribution in [0.1, 0.15) is 25.0 Å². The summed E-state index contributed by atoms with van der Waals surface area (Å²) in [6.07, 6.45) is -3.91. The second-order valence-corrected chi connectivity index (χ2v) is 6.66. The van der Waals surface area contributed by atoms with Crippen molar-refractivity contribution in [3.63, 3.8) is 0 Å². The maximum absolute atomic E-state index is 13.8. The molecule has 0 aliphatic carbocycles. The first-order valence-electron chi connectivity index (χ1n) is 7.82. The van der Waals surface area contributed by atoms with Gasteiger partial charge in [0.2, 0.25) is 0 Å². The Kier molecular flexibility index (Phi) is 6.44. The Labute approximate surface area is 164 Å². The van der Waals surface area contributed by atoms with E-state index in [-0.39, 0.29) is 16.8 Å². The van der Waals surface area contributed by atoms with Crippen molar-refractivity contribution < 1.29 is 22.7 Å². The number of hydrogen-bond donors (Lipinski definition) is 1. The van der Waals surface area contributed by atoms with Crippen molar-refractivity contribution in [3.8, 4) is 0 Å². The van der Waals surface area contributed by atoms with Crippen LogP contribution < -0.4 is 5.32 Å². The van der Waals surface area contributed by atoms with Crippen molar-refractivity contribution in [2.75, 3.05) is 5.32 Å². The summed E-state index contributed by atoms with van der Waals surface area (Å²) in [6, 6.07) is 10.2. The lowest BCUT2D eigenvalue weighted by Gasteiger charge is -2.31. The van der Waals surface area contributed by atoms with E-state index in [0.717, 1.165) is 0 Å². The van der Waals surface area contributed by atoms with E-state index >= 15 is 0 Å². The summed E-state index contributed by atoms with van der Waals surface area (Å²) in [7, 11) is 0. The molecule has 2 rings (SSSR count). The molecule has 0 saturated carbocycles. The van der Waals surface area contributed by atoms with Gasteiger partial charge in [0.05, 0.1) is 0 Å². The zero-order valence-electron chi connectivity index (χ0n) is 14.4. The molecule has 0 aliphatic heterocycles. The van der Waals surface area contributed by atoms with E-state index in [1.165, 1.54) is 48.5 Å². The fraction of sp³-hybridized carbons (Fsp3) is 0.211. The van der Waals surface area contributed by atoms with Crippen molar-refractivity contribution >= 4 is 35.0 Å². The molecule has 27 heavy (non-hydrogen) atoms. The lowest BCUT2D eigenvalue weighted by molar-refractivity contribution is -0.154. The molecule has 1 amide bonds. The Morgan fingerprint density at radius 2 is 1.52 bits per heavy atom. The van der Waals surface area contributed by atoms with Crippen molar-refractivity contribution in [2.24, 2.45) is 0 Å². The average Bonchev–Trinajstić information content (AvgIpc) is 2.61. The van der Waals surface area contributed by atoms with Gasteiger partial charge in [-0.05, 0) is 55.3 Å². The quantitative estimate of drug-likeness (QED) is 0.435. The monoisotopic (exact) mass is 417 g/mol. The van der Waals surface area contributed by atoms with Crippen LogP contribution in [0.4, 0.5) is 23.7 Å². The third-order valence-electron chi connectivity index (χ3n) is 3.82. The molecule has 1 atom stereocenters. The van der Waals surface area contributed by atoms with E-state index in [0.29, 0.717) is 10.8 Å². The Hall–Kier alpha value is -2.18. The van der Waals surface area contributed by atoms with Crippen LogP contribution in [-0.4, -0.2) is 12.3 Å². The van der Waals surface area contributed by atoms with Crippen LogP contribution in [0.3, 0.4) is 0 Å². The summed E-state index contributed by atoms with van der Waals surface area (Å²) in [5.74, 6) is 0.392. The SMILES string of the molecule is C/C=C(/C)OC(=O)Nc1ccc(C(Cl)(c2ccc(Cl)cc2)C(F)(F)F)cc1. The highest BCUT2D eigenvalue weighted by molar-refractivity contribution is 6.30. The van der Waals surface area contributed by atoms with Crippen molar-refractivity contribution in [3.05, 3.63) is 76.5 Å². The summed E-state index contributed by atoms with van der Waals surface area (Å²) < 4.78 is 46.4. The minimum absolute atomic E-state index is 0.162. The molecule has 0 aliphatic rings. The van der Waals surface area contributed by atoms with Crippen molar-refractivity contribution in [1.29, 1.82) is 0 Å². The second-order valence-electron chi connectivity index (χ2n) is 5.65. The van der Waals surface area contributed by atoms with Gasteiger partial charge in [0.1, 0.15) is 5.76 Å². The number of nitrogens with one attached hydrogen (secondary N) is 1. The largest absolute Gasteiger partial charge is 0.416 e. The Morgan fingerprint density at radius 3 is 1.96 bits per heavy atom. The van der Waals surface area contributed by atoms with Crippen LogP contribution in [0.2, 0.25) is 5.02 Å². The Balaban J connectivity index is 2.33. The summed E-state index contributed by atoms with van der Waals surface area (Å²) in [6.45, 7) is 3.30. The highest BCUT2D eigenvalue weighted by atomic mass is 35.5. The summed E-state index contributed by atoms with van der Waals surface area (Å²) in [4.78, 5) is 8.93. The zero-order chi connectivity index (χ0) is 20.2. The topological polar surface area (TPSA) is 38.3 Å². The first-order valence-corrected chi connectivity index (χ1v) is 8.57. The minimum Gasteiger partial charge on any atom is -0.415 e. The molecule has 0 saturated heterocycles. The number of ether oxygens (including phenoxy) is 1. The fourth-order valence-electron chi connectivity index (χ4n) is 2.31. The molecule has 1 N–H and O–H groups in total. The van der Waals surface area contributed by atoms with Gasteiger partial charge >= 0.3 is 12.3 Å². The molecule has 3 nitrogen and oxygen atoms in total. The average molecular weight is 418 g/mol. The number of hydrogen-bond acceptors (Lipinski definition) is 2. The Morgan fingerprint density at radius 1 is 1.04 bits per heavy atom. The van der Waals surface area contributed by atoms with E-state index < -0.39 is 17.1 Å². The van der Waals surface area contributed by atoms with Crippen LogP contribution in [0.15, 0.2) is 60.4 Å². The van der Waals surface area contributed by atoms with Crippen molar-refractivity contribution in [1.82, 2.24) is 0 Å². The van der Waals surface area contributed by atoms with Gasteiger partial charge in [-0.2, -0.15) is 13.2 Å². The van der Waals surface area contributed by atoms with Crippen LogP contribution >= 0.6 is 23.2 Å². The van der Waals surface area contributed by atoms with Crippen LogP contribution in [-0.2, 0) is 9.61 Å². The third-order valence-corrected chi connectivity index (χ3v) is 4.72. The number of carbonyl (C=O) groups is 1. The number of benzene rings is 2. The molecule has 0 heterocycles. The third kappa shape index (κ3) is 4.76. The minimum atomic E-state index is -4.76. The van der Waals surface area contributed by atoms with Gasteiger partial charge in [-0.15, -0.1) is 0 Å². The predicted octanol–water partition coefficient (Wildman–Crippen LogP) is 6.86. The first kappa shape index (κ1) is 21.1. The van der Waals surface area contributed by atoms with Gasteiger partial charge in [0.25, 0.3) is 0 Å². The van der Waals surface area contributed by atoms with Gasteiger partial charge in [0, 0.05) is 10.7 Å². The number of alkyl halides is 4. The molecule has 144 valence electrons. The van der Waals surface area contributed by atoms with Crippen LogP contribution in [0, 0.1) is 0 Å². The lowest BCUT2D eigenvalue weighted by Crippen LogP contribution is -2.38. The summed E-state index contributed by atoms with van der Waals surface area (Å²) in [5, 5.41) is 2.73. The summed E-state index contributed by atoms with van der Waals surface area (Å²) in [5.41, 5.74) is -0.0858. The maximum Gasteiger partial charge on any atom is 0.416 e. The van der Waals surface area contributed by atoms with E-state index in [1.807, 2.05) is 0 Å². The predicted molar refractivity (Wildman–Crippen MR) is 100 cm³/mol. The number of rotatable bonds is 4. The first-order chi connectivity index (χ1) is 12.6. The molecule has 0 fully saturated rings. The summed E-state index contributed by atoms with van der Waals surface area (Å²) >= 11 is 11.8. The number of allylic oxidation sites excluding steroid dienone is 2. The van der Waals surface area contributed by atoms with Gasteiger partial charge < -0.3 is 4.74 Å². The maximum atomic E-state index is 13.8. The normalized spacial score (nSPS) is 14.4. The molecule has 0 radical (unpaired) electrons. The van der Waals surface area contributed by atoms with E-state index in [2.05, 4.69) is 5.32 Å². The van der Waals surface area contributed by atoms with E-state index in [9.17, 15) is 18.0 Å². The van der Waals surface area contributed by atoms with Gasteiger partial charge in [-0.3, -0.25) is 5.32 Å². The van der Waals surface area contributed by atoms with Gasteiger partial charge in [-0.1, -0.05) is 47.5 Å². The zero-order valence-corrected chi connectivity index (χ0v) is 15.9. The molecule has 1 unspecified atom stereocenters. The van der Waals surface area contributed by atoms with Crippen LogP contribution in [0.25, 0.3) is 0 Å². The smallest absolute Gasteiger partial charge is 0.415 e. The number of halogens is 5. The highest BCUT2D eigenvalue weighted by Crippen LogP contribution is 2.50. The molecular formula is C19H16Cl2F3NO2. The van der Waals surface area contributed by atoms with Gasteiger partial charge in [-0.25, -0.2) is 4.79 Å². The van der Waals surface area contributed by atoms with Crippen LogP contribution in [0.5, 0.6) is 0 Å². The second kappa shape index (κ2) is 8.23. The number of amides is 1. The molecule has 0 bridgehead atoms. The molecular weight excluding hydrogens is 402 g/mol. The standard InChI is InChI=1S/C19H16Cl2F3NO2/c1-3-12(2)27-17(26)25-16-10-6-14(7-11-16)18(21,19(22,23)24)13-4-8-15(20)9-5-13/h3-11H,1-2H3,(H,25,26)/b12-3-. The van der Waals surface area contributed by atoms with Crippen molar-refractivity contribution in [2.45, 2.75) is 24.9 Å². The van der Waals surface area contributed by atoms with E-state index in [1.54, 1.807) is 19.9 Å². The highest BCUT2D eigenvalue weighted by Gasteiger charge is 2.56. The van der Waals surface area contributed by atoms with E-state index in [4.69, 9.17) is 27.9 Å². The molecule has 0 aromatic heterocycles. The fourth-order valence-corrected chi connectivity index (χ4v) is 2.68. The molecule has 8 heteroatoms. The Bertz CT molecular complexity index is 834. The molecule has 2 aromatic carbocycles. The number of anilines is 1. The van der Waals surface area contributed by atoms with Gasteiger partial charge in [0.15, 0.2) is 4.87 Å². The molecule has 2 aromatic rings. The number of carbonyl (C=O) groups excluding carboxylic acids is 1. The lowest BCUT2D eigenvalue weighted by atomic mass is 9.89. The molecule has 0 spiro atoms.